The van der Waals surface area contributed by atoms with E-state index in [9.17, 15) is 14.7 Å². The summed E-state index contributed by atoms with van der Waals surface area (Å²) in [6.45, 7) is 5.67. The van der Waals surface area contributed by atoms with Gasteiger partial charge in [-0.25, -0.2) is 0 Å². The highest BCUT2D eigenvalue weighted by atomic mass is 16.4. The van der Waals surface area contributed by atoms with Crippen molar-refractivity contribution in [2.45, 2.75) is 51.5 Å². The molecule has 2 aliphatic rings. The minimum atomic E-state index is -0.796. The number of carboxylic acids is 1. The number of piperidine rings is 1. The SMILES string of the molecule is CCC1(C(=O)N2CCCC(C)(C(=O)O)C2)CCCN1. The monoisotopic (exact) mass is 268 g/mol. The molecule has 108 valence electrons. The molecule has 2 rings (SSSR count). The van der Waals surface area contributed by atoms with Crippen LogP contribution in [0.4, 0.5) is 0 Å². The van der Waals surface area contributed by atoms with Gasteiger partial charge >= 0.3 is 5.97 Å². The van der Waals surface area contributed by atoms with Crippen LogP contribution in [0, 0.1) is 5.41 Å². The number of aliphatic carboxylic acids is 1. The molecule has 2 atom stereocenters. The van der Waals surface area contributed by atoms with Crippen LogP contribution in [0.1, 0.15) is 46.0 Å². The summed E-state index contributed by atoms with van der Waals surface area (Å²) in [5, 5.41) is 12.7. The Morgan fingerprint density at radius 2 is 2.05 bits per heavy atom. The molecule has 2 N–H and O–H groups in total. The molecule has 0 aromatic heterocycles. The van der Waals surface area contributed by atoms with Gasteiger partial charge in [0.1, 0.15) is 0 Å². The Hall–Kier alpha value is -1.10. The zero-order chi connectivity index (χ0) is 14.1. The predicted molar refractivity (Wildman–Crippen MR) is 71.8 cm³/mol. The van der Waals surface area contributed by atoms with Crippen molar-refractivity contribution in [3.8, 4) is 0 Å². The van der Waals surface area contributed by atoms with E-state index >= 15 is 0 Å². The first-order chi connectivity index (χ1) is 8.93. The van der Waals surface area contributed by atoms with Crippen molar-refractivity contribution in [1.29, 1.82) is 0 Å². The summed E-state index contributed by atoms with van der Waals surface area (Å²) >= 11 is 0. The average molecular weight is 268 g/mol. The Labute approximate surface area is 114 Å². The van der Waals surface area contributed by atoms with Gasteiger partial charge in [0.05, 0.1) is 11.0 Å². The second-order valence-electron chi connectivity index (χ2n) is 6.16. The van der Waals surface area contributed by atoms with Gasteiger partial charge in [0.15, 0.2) is 0 Å². The molecule has 0 spiro atoms. The van der Waals surface area contributed by atoms with Gasteiger partial charge in [0.2, 0.25) is 5.91 Å². The van der Waals surface area contributed by atoms with Crippen LogP contribution in [-0.4, -0.2) is 47.1 Å². The number of carbonyl (C=O) groups excluding carboxylic acids is 1. The Kier molecular flexibility index (Phi) is 3.85. The van der Waals surface area contributed by atoms with Crippen LogP contribution < -0.4 is 5.32 Å². The third kappa shape index (κ3) is 2.48. The van der Waals surface area contributed by atoms with Gasteiger partial charge in [-0.1, -0.05) is 6.92 Å². The lowest BCUT2D eigenvalue weighted by atomic mass is 9.81. The lowest BCUT2D eigenvalue weighted by Crippen LogP contribution is -2.58. The number of hydrogen-bond acceptors (Lipinski definition) is 3. The summed E-state index contributed by atoms with van der Waals surface area (Å²) in [5.74, 6) is -0.699. The van der Waals surface area contributed by atoms with E-state index in [1.54, 1.807) is 11.8 Å². The molecule has 0 aromatic rings. The van der Waals surface area contributed by atoms with Gasteiger partial charge in [-0.2, -0.15) is 0 Å². The molecule has 1 amide bonds. The highest BCUT2D eigenvalue weighted by molar-refractivity contribution is 5.87. The van der Waals surface area contributed by atoms with E-state index in [0.29, 0.717) is 19.5 Å². The van der Waals surface area contributed by atoms with Crippen LogP contribution in [0.2, 0.25) is 0 Å². The van der Waals surface area contributed by atoms with Crippen LogP contribution in [0.5, 0.6) is 0 Å². The molecule has 5 nitrogen and oxygen atoms in total. The second-order valence-corrected chi connectivity index (χ2v) is 6.16. The number of nitrogens with one attached hydrogen (secondary N) is 1. The maximum Gasteiger partial charge on any atom is 0.311 e. The highest BCUT2D eigenvalue weighted by Crippen LogP contribution is 2.33. The van der Waals surface area contributed by atoms with Gasteiger partial charge in [0, 0.05) is 13.1 Å². The lowest BCUT2D eigenvalue weighted by molar-refractivity contribution is -0.155. The van der Waals surface area contributed by atoms with Gasteiger partial charge in [-0.15, -0.1) is 0 Å². The normalized spacial score (nSPS) is 35.4. The van der Waals surface area contributed by atoms with E-state index in [1.165, 1.54) is 0 Å². The topological polar surface area (TPSA) is 69.6 Å². The Morgan fingerprint density at radius 1 is 1.32 bits per heavy atom. The smallest absolute Gasteiger partial charge is 0.311 e. The number of carbonyl (C=O) groups is 2. The first-order valence-corrected chi connectivity index (χ1v) is 7.21. The van der Waals surface area contributed by atoms with Crippen LogP contribution in [0.25, 0.3) is 0 Å². The number of likely N-dealkylation sites (tertiary alicyclic amines) is 1. The Morgan fingerprint density at radius 3 is 2.58 bits per heavy atom. The number of amides is 1. The van der Waals surface area contributed by atoms with Crippen molar-refractivity contribution in [3.63, 3.8) is 0 Å². The second kappa shape index (κ2) is 5.12. The molecule has 5 heteroatoms. The van der Waals surface area contributed by atoms with Gasteiger partial charge in [-0.3, -0.25) is 9.59 Å². The highest BCUT2D eigenvalue weighted by Gasteiger charge is 2.46. The molecule has 2 unspecified atom stereocenters. The third-order valence-electron chi connectivity index (χ3n) is 4.76. The summed E-state index contributed by atoms with van der Waals surface area (Å²) in [7, 11) is 0. The van der Waals surface area contributed by atoms with Gasteiger partial charge < -0.3 is 15.3 Å². The maximum absolute atomic E-state index is 12.7. The van der Waals surface area contributed by atoms with Crippen LogP contribution in [0.15, 0.2) is 0 Å². The zero-order valence-corrected chi connectivity index (χ0v) is 11.9. The van der Waals surface area contributed by atoms with Crippen molar-refractivity contribution in [2.75, 3.05) is 19.6 Å². The van der Waals surface area contributed by atoms with Crippen molar-refractivity contribution in [2.24, 2.45) is 5.41 Å². The Balaban J connectivity index is 2.13. The summed E-state index contributed by atoms with van der Waals surface area (Å²) in [6.07, 6.45) is 4.07. The molecule has 19 heavy (non-hydrogen) atoms. The molecular formula is C14H24N2O3. The number of rotatable bonds is 3. The third-order valence-corrected chi connectivity index (χ3v) is 4.76. The first kappa shape index (κ1) is 14.3. The Bertz CT molecular complexity index is 377. The molecule has 0 bridgehead atoms. The number of hydrogen-bond donors (Lipinski definition) is 2. The quantitative estimate of drug-likeness (QED) is 0.808. The standard InChI is InChI=1S/C14H24N2O3/c1-3-14(7-4-8-15-14)11(17)16-9-5-6-13(2,10-16)12(18)19/h15H,3-10H2,1-2H3,(H,18,19). The summed E-state index contributed by atoms with van der Waals surface area (Å²) in [6, 6.07) is 0. The summed E-state index contributed by atoms with van der Waals surface area (Å²) in [4.78, 5) is 25.9. The largest absolute Gasteiger partial charge is 0.481 e. The van der Waals surface area contributed by atoms with Crippen LogP contribution in [-0.2, 0) is 9.59 Å². The van der Waals surface area contributed by atoms with E-state index in [0.717, 1.165) is 32.2 Å². The summed E-state index contributed by atoms with van der Waals surface area (Å²) < 4.78 is 0. The summed E-state index contributed by atoms with van der Waals surface area (Å²) in [5.41, 5.74) is -1.24. The molecule has 0 aliphatic carbocycles. The van der Waals surface area contributed by atoms with Crippen LogP contribution in [0.3, 0.4) is 0 Å². The van der Waals surface area contributed by atoms with Crippen molar-refractivity contribution in [3.05, 3.63) is 0 Å². The van der Waals surface area contributed by atoms with E-state index in [4.69, 9.17) is 0 Å². The van der Waals surface area contributed by atoms with E-state index in [1.807, 2.05) is 6.92 Å². The molecule has 2 fully saturated rings. The first-order valence-electron chi connectivity index (χ1n) is 7.21. The molecule has 0 saturated carbocycles. The minimum Gasteiger partial charge on any atom is -0.481 e. The van der Waals surface area contributed by atoms with Crippen molar-refractivity contribution < 1.29 is 14.7 Å². The maximum atomic E-state index is 12.7. The van der Waals surface area contributed by atoms with Crippen LogP contribution >= 0.6 is 0 Å². The fourth-order valence-electron chi connectivity index (χ4n) is 3.33. The lowest BCUT2D eigenvalue weighted by Gasteiger charge is -2.41. The van der Waals surface area contributed by atoms with Gasteiger partial charge in [0.25, 0.3) is 0 Å². The molecule has 0 aromatic carbocycles. The van der Waals surface area contributed by atoms with E-state index in [-0.39, 0.29) is 5.91 Å². The molecule has 2 heterocycles. The fraction of sp³-hybridized carbons (Fsp3) is 0.857. The van der Waals surface area contributed by atoms with Crippen molar-refractivity contribution in [1.82, 2.24) is 10.2 Å². The van der Waals surface area contributed by atoms with E-state index in [2.05, 4.69) is 5.32 Å². The minimum absolute atomic E-state index is 0.0969. The number of nitrogens with zero attached hydrogens (tertiary/aromatic N) is 1. The zero-order valence-electron chi connectivity index (χ0n) is 11.9. The predicted octanol–water partition coefficient (Wildman–Crippen LogP) is 1.23. The molecule has 0 radical (unpaired) electrons. The number of carboxylic acid groups (broad SMARTS) is 1. The molecule has 2 aliphatic heterocycles. The van der Waals surface area contributed by atoms with Crippen molar-refractivity contribution >= 4 is 11.9 Å². The van der Waals surface area contributed by atoms with E-state index < -0.39 is 16.9 Å². The van der Waals surface area contributed by atoms with Gasteiger partial charge in [-0.05, 0) is 45.6 Å². The fourth-order valence-corrected chi connectivity index (χ4v) is 3.33. The average Bonchev–Trinajstić information content (AvgIpc) is 2.87. The molecular weight excluding hydrogens is 244 g/mol. The molecule has 2 saturated heterocycles.